The second-order valence-electron chi connectivity index (χ2n) is 9.71. The van der Waals surface area contributed by atoms with Crippen molar-refractivity contribution in [3.8, 4) is 0 Å². The molecular weight excluding hydrogens is 570 g/mol. The molecule has 2 aromatic carbocycles. The van der Waals surface area contributed by atoms with Crippen LogP contribution < -0.4 is 9.62 Å². The fourth-order valence-corrected chi connectivity index (χ4v) is 6.51. The van der Waals surface area contributed by atoms with Crippen molar-refractivity contribution in [1.29, 1.82) is 0 Å². The first-order valence-electron chi connectivity index (χ1n) is 12.0. The first-order chi connectivity index (χ1) is 18.4. The van der Waals surface area contributed by atoms with Gasteiger partial charge in [-0.2, -0.15) is 26.3 Å². The molecule has 8 nitrogen and oxygen atoms in total. The Bertz CT molecular complexity index is 1390. The Hall–Kier alpha value is -3.33. The quantitative estimate of drug-likeness (QED) is 0.390. The Kier molecular flexibility index (Phi) is 7.60. The van der Waals surface area contributed by atoms with Gasteiger partial charge < -0.3 is 15.2 Å². The van der Waals surface area contributed by atoms with E-state index in [-0.39, 0.29) is 42.0 Å². The molecule has 0 unspecified atom stereocenters. The Balaban J connectivity index is 1.76. The molecule has 2 aliphatic heterocycles. The number of ether oxygens (including phenoxy) is 1. The van der Waals surface area contributed by atoms with Gasteiger partial charge in [-0.05, 0) is 43.5 Å². The number of alkyl halides is 6. The first-order valence-corrected chi connectivity index (χ1v) is 13.4. The highest BCUT2D eigenvalue weighted by molar-refractivity contribution is 7.92. The molecule has 2 N–H and O–H groups in total. The minimum atomic E-state index is -6.12. The summed E-state index contributed by atoms with van der Waals surface area (Å²) in [5.74, 6) is -1.14. The van der Waals surface area contributed by atoms with Crippen molar-refractivity contribution in [2.24, 2.45) is 0 Å². The maximum absolute atomic E-state index is 13.8. The number of halogens is 6. The Morgan fingerprint density at radius 1 is 1.07 bits per heavy atom. The van der Waals surface area contributed by atoms with Crippen molar-refractivity contribution < 1.29 is 54.2 Å². The molecule has 0 saturated carbocycles. The third kappa shape index (κ3) is 5.36. The molecule has 2 aliphatic rings. The van der Waals surface area contributed by atoms with Gasteiger partial charge in [-0.1, -0.05) is 29.8 Å². The van der Waals surface area contributed by atoms with E-state index in [0.29, 0.717) is 12.1 Å². The fourth-order valence-electron chi connectivity index (χ4n) is 4.79. The lowest BCUT2D eigenvalue weighted by molar-refractivity contribution is -0.376. The molecule has 1 fully saturated rings. The molecule has 4 rings (SSSR count). The molecule has 0 spiro atoms. The number of esters is 1. The monoisotopic (exact) mass is 594 g/mol. The number of nitrogens with zero attached hydrogens (tertiary/aromatic N) is 1. The molecule has 2 atom stereocenters. The van der Waals surface area contributed by atoms with Gasteiger partial charge in [0.05, 0.1) is 29.1 Å². The molecule has 0 bridgehead atoms. The molecule has 15 heteroatoms. The number of hydrogen-bond acceptors (Lipinski definition) is 6. The minimum Gasteiger partial charge on any atom is -0.463 e. The maximum atomic E-state index is 13.8. The molecule has 1 saturated heterocycles. The van der Waals surface area contributed by atoms with E-state index in [1.807, 2.05) is 0 Å². The maximum Gasteiger partial charge on any atom is 0.430 e. The summed E-state index contributed by atoms with van der Waals surface area (Å²) in [7, 11) is -4.46. The SMILES string of the molecule is Cc1ccc(S(=O)(=O)N2c3ccc(C(O)(C(F)(F)F)C(F)(F)F)cc3CC[C@H]2CC(=O)N[C@H]2COC(=O)C2)cc1. The normalized spacial score (nSPS) is 20.2. The number of amides is 1. The van der Waals surface area contributed by atoms with Crippen molar-refractivity contribution in [2.75, 3.05) is 10.9 Å². The molecule has 40 heavy (non-hydrogen) atoms. The van der Waals surface area contributed by atoms with Gasteiger partial charge >= 0.3 is 18.3 Å². The van der Waals surface area contributed by atoms with Crippen LogP contribution in [0.3, 0.4) is 0 Å². The number of carbonyl (C=O) groups is 2. The smallest absolute Gasteiger partial charge is 0.430 e. The number of aryl methyl sites for hydroxylation is 2. The van der Waals surface area contributed by atoms with Gasteiger partial charge in [0.25, 0.3) is 15.6 Å². The predicted molar refractivity (Wildman–Crippen MR) is 128 cm³/mol. The summed E-state index contributed by atoms with van der Waals surface area (Å²) in [5.41, 5.74) is -6.38. The number of cyclic esters (lactones) is 1. The molecule has 2 aromatic rings. The van der Waals surface area contributed by atoms with Crippen LogP contribution in [0, 0.1) is 6.92 Å². The van der Waals surface area contributed by atoms with E-state index >= 15 is 0 Å². The van der Waals surface area contributed by atoms with E-state index in [1.54, 1.807) is 6.92 Å². The van der Waals surface area contributed by atoms with Crippen molar-refractivity contribution in [1.82, 2.24) is 5.32 Å². The average Bonchev–Trinajstić information content (AvgIpc) is 3.25. The predicted octanol–water partition coefficient (Wildman–Crippen LogP) is 3.64. The lowest BCUT2D eigenvalue weighted by Crippen LogP contribution is -2.54. The van der Waals surface area contributed by atoms with Crippen LogP contribution in [0.5, 0.6) is 0 Å². The summed E-state index contributed by atoms with van der Waals surface area (Å²) in [6.07, 6.45) is -13.0. The Labute approximate surface area is 225 Å². The highest BCUT2D eigenvalue weighted by atomic mass is 32.2. The van der Waals surface area contributed by atoms with Crippen LogP contribution in [0.4, 0.5) is 32.0 Å². The zero-order valence-electron chi connectivity index (χ0n) is 20.8. The molecule has 0 aliphatic carbocycles. The summed E-state index contributed by atoms with van der Waals surface area (Å²) in [4.78, 5) is 23.9. The number of sulfonamides is 1. The molecule has 0 radical (unpaired) electrons. The topological polar surface area (TPSA) is 113 Å². The van der Waals surface area contributed by atoms with Gasteiger partial charge in [0.2, 0.25) is 5.91 Å². The number of benzene rings is 2. The number of hydrogen-bond donors (Lipinski definition) is 2. The zero-order valence-corrected chi connectivity index (χ0v) is 21.7. The lowest BCUT2D eigenvalue weighted by atomic mass is 9.87. The molecule has 0 aromatic heterocycles. The van der Waals surface area contributed by atoms with Gasteiger partial charge in [-0.15, -0.1) is 0 Å². The van der Waals surface area contributed by atoms with Crippen LogP contribution in [-0.4, -0.2) is 56.4 Å². The van der Waals surface area contributed by atoms with E-state index in [0.717, 1.165) is 15.9 Å². The first kappa shape index (κ1) is 29.6. The van der Waals surface area contributed by atoms with Crippen molar-refractivity contribution >= 4 is 27.6 Å². The van der Waals surface area contributed by atoms with Crippen molar-refractivity contribution in [2.45, 2.75) is 67.5 Å². The van der Waals surface area contributed by atoms with Crippen molar-refractivity contribution in [3.63, 3.8) is 0 Å². The van der Waals surface area contributed by atoms with E-state index in [1.165, 1.54) is 24.3 Å². The Morgan fingerprint density at radius 3 is 2.25 bits per heavy atom. The van der Waals surface area contributed by atoms with E-state index in [9.17, 15) is 49.5 Å². The largest absolute Gasteiger partial charge is 0.463 e. The summed E-state index contributed by atoms with van der Waals surface area (Å²) in [6.45, 7) is 1.65. The second-order valence-corrected chi connectivity index (χ2v) is 11.5. The molecular formula is C25H24F6N2O6S. The number of nitrogens with one attached hydrogen (secondary N) is 1. The van der Waals surface area contributed by atoms with E-state index in [2.05, 4.69) is 5.32 Å². The van der Waals surface area contributed by atoms with Crippen LogP contribution >= 0.6 is 0 Å². The fraction of sp³-hybridized carbons (Fsp3) is 0.440. The zero-order chi connectivity index (χ0) is 29.7. The van der Waals surface area contributed by atoms with Gasteiger partial charge in [0.15, 0.2) is 0 Å². The number of rotatable bonds is 6. The summed E-state index contributed by atoms with van der Waals surface area (Å²) in [6, 6.07) is 5.55. The summed E-state index contributed by atoms with van der Waals surface area (Å²) in [5, 5.41) is 12.4. The van der Waals surface area contributed by atoms with Gasteiger partial charge in [0.1, 0.15) is 6.61 Å². The highest BCUT2D eigenvalue weighted by Gasteiger charge is 2.71. The number of fused-ring (bicyclic) bond motifs is 1. The lowest BCUT2D eigenvalue weighted by Gasteiger charge is -2.39. The standard InChI is InChI=1S/C25H24F6N2O6S/c1-14-2-7-19(8-3-14)40(37,38)33-18(12-21(34)32-17-11-22(35)39-13-17)6-4-15-10-16(5-9-20(15)33)23(36,24(26,27)28)25(29,30)31/h2-3,5,7-10,17-18,36H,4,6,11-13H2,1H3,(H,32,34)/t17-,18+/m1/s1. The van der Waals surface area contributed by atoms with Gasteiger partial charge in [0, 0.05) is 12.0 Å². The third-order valence-electron chi connectivity index (χ3n) is 6.86. The van der Waals surface area contributed by atoms with Crippen LogP contribution in [0.2, 0.25) is 0 Å². The number of anilines is 1. The van der Waals surface area contributed by atoms with Crippen molar-refractivity contribution in [3.05, 3.63) is 59.2 Å². The summed E-state index contributed by atoms with van der Waals surface area (Å²) >= 11 is 0. The second kappa shape index (κ2) is 10.3. The number of carbonyl (C=O) groups excluding carboxylic acids is 2. The average molecular weight is 595 g/mol. The van der Waals surface area contributed by atoms with Gasteiger partial charge in [-0.25, -0.2) is 8.42 Å². The highest BCUT2D eigenvalue weighted by Crippen LogP contribution is 2.51. The summed E-state index contributed by atoms with van der Waals surface area (Å²) < 4.78 is 114. The number of aliphatic hydroxyl groups is 1. The van der Waals surface area contributed by atoms with Crippen LogP contribution in [0.25, 0.3) is 0 Å². The van der Waals surface area contributed by atoms with Crippen LogP contribution in [-0.2, 0) is 36.4 Å². The molecule has 218 valence electrons. The van der Waals surface area contributed by atoms with Crippen LogP contribution in [0.1, 0.15) is 36.0 Å². The van der Waals surface area contributed by atoms with Gasteiger partial charge in [-0.3, -0.25) is 13.9 Å². The van der Waals surface area contributed by atoms with E-state index in [4.69, 9.17) is 4.74 Å². The molecule has 2 heterocycles. The van der Waals surface area contributed by atoms with E-state index < -0.39 is 63.9 Å². The minimum absolute atomic E-state index is 0.0620. The Morgan fingerprint density at radius 2 is 1.70 bits per heavy atom. The third-order valence-corrected chi connectivity index (χ3v) is 8.74. The van der Waals surface area contributed by atoms with Crippen LogP contribution in [0.15, 0.2) is 47.4 Å². The molecule has 1 amide bonds.